The summed E-state index contributed by atoms with van der Waals surface area (Å²) in [7, 11) is 0. The van der Waals surface area contributed by atoms with Crippen LogP contribution in [0.2, 0.25) is 0 Å². The Bertz CT molecular complexity index is 344. The SMILES string of the molecule is CCCC/C(=N/OCCN)c1ccc(C)cc1. The van der Waals surface area contributed by atoms with Crippen LogP contribution in [-0.2, 0) is 4.84 Å². The maximum Gasteiger partial charge on any atom is 0.129 e. The molecule has 17 heavy (non-hydrogen) atoms. The van der Waals surface area contributed by atoms with Gasteiger partial charge in [-0.1, -0.05) is 48.3 Å². The number of aryl methyl sites for hydroxylation is 1. The highest BCUT2D eigenvalue weighted by Gasteiger charge is 2.03. The first-order chi connectivity index (χ1) is 8.27. The minimum absolute atomic E-state index is 0.474. The van der Waals surface area contributed by atoms with Gasteiger partial charge in [0.05, 0.1) is 5.71 Å². The zero-order valence-electron chi connectivity index (χ0n) is 10.8. The summed E-state index contributed by atoms with van der Waals surface area (Å²) in [5, 5.41) is 4.19. The van der Waals surface area contributed by atoms with Gasteiger partial charge in [0.2, 0.25) is 0 Å². The van der Waals surface area contributed by atoms with E-state index in [-0.39, 0.29) is 0 Å². The zero-order valence-corrected chi connectivity index (χ0v) is 10.8. The van der Waals surface area contributed by atoms with Crippen LogP contribution in [0.25, 0.3) is 0 Å². The molecule has 0 saturated carbocycles. The van der Waals surface area contributed by atoms with Gasteiger partial charge in [-0.3, -0.25) is 0 Å². The molecule has 94 valence electrons. The number of unbranched alkanes of at least 4 members (excludes halogenated alkanes) is 1. The predicted molar refractivity (Wildman–Crippen MR) is 72.2 cm³/mol. The summed E-state index contributed by atoms with van der Waals surface area (Å²) in [5.41, 5.74) is 8.79. The first-order valence-corrected chi connectivity index (χ1v) is 6.24. The van der Waals surface area contributed by atoms with Gasteiger partial charge in [0.15, 0.2) is 0 Å². The van der Waals surface area contributed by atoms with E-state index in [1.807, 2.05) is 0 Å². The molecule has 0 aliphatic carbocycles. The van der Waals surface area contributed by atoms with Gasteiger partial charge in [-0.05, 0) is 25.3 Å². The molecule has 0 spiro atoms. The van der Waals surface area contributed by atoms with E-state index in [2.05, 4.69) is 43.3 Å². The van der Waals surface area contributed by atoms with Gasteiger partial charge in [0.25, 0.3) is 0 Å². The topological polar surface area (TPSA) is 47.6 Å². The second-order valence-corrected chi connectivity index (χ2v) is 4.13. The summed E-state index contributed by atoms with van der Waals surface area (Å²) in [6.45, 7) is 5.23. The molecule has 0 aromatic heterocycles. The Morgan fingerprint density at radius 3 is 2.59 bits per heavy atom. The van der Waals surface area contributed by atoms with Crippen molar-refractivity contribution >= 4 is 5.71 Å². The van der Waals surface area contributed by atoms with E-state index in [4.69, 9.17) is 10.6 Å². The number of nitrogens with zero attached hydrogens (tertiary/aromatic N) is 1. The van der Waals surface area contributed by atoms with Crippen LogP contribution in [0.3, 0.4) is 0 Å². The minimum atomic E-state index is 0.474. The van der Waals surface area contributed by atoms with Crippen LogP contribution in [-0.4, -0.2) is 18.9 Å². The molecular formula is C14H22N2O. The van der Waals surface area contributed by atoms with Crippen molar-refractivity contribution < 1.29 is 4.84 Å². The van der Waals surface area contributed by atoms with Crippen LogP contribution >= 0.6 is 0 Å². The van der Waals surface area contributed by atoms with Gasteiger partial charge in [-0.2, -0.15) is 0 Å². The second kappa shape index (κ2) is 7.85. The number of oxime groups is 1. The van der Waals surface area contributed by atoms with Gasteiger partial charge in [0.1, 0.15) is 6.61 Å². The lowest BCUT2D eigenvalue weighted by Gasteiger charge is -2.06. The Hall–Kier alpha value is -1.35. The molecule has 3 heteroatoms. The smallest absolute Gasteiger partial charge is 0.129 e. The number of nitrogens with two attached hydrogens (primary N) is 1. The van der Waals surface area contributed by atoms with E-state index in [0.29, 0.717) is 13.2 Å². The average molecular weight is 234 g/mol. The molecule has 1 aromatic carbocycles. The van der Waals surface area contributed by atoms with Gasteiger partial charge in [-0.15, -0.1) is 0 Å². The Kier molecular flexibility index (Phi) is 6.33. The van der Waals surface area contributed by atoms with E-state index in [1.54, 1.807) is 0 Å². The molecule has 0 amide bonds. The second-order valence-electron chi connectivity index (χ2n) is 4.13. The lowest BCUT2D eigenvalue weighted by Crippen LogP contribution is -2.08. The third-order valence-corrected chi connectivity index (χ3v) is 2.54. The first kappa shape index (κ1) is 13.7. The maximum atomic E-state index is 5.38. The van der Waals surface area contributed by atoms with E-state index in [0.717, 1.165) is 30.5 Å². The maximum absolute atomic E-state index is 5.38. The third-order valence-electron chi connectivity index (χ3n) is 2.54. The highest BCUT2D eigenvalue weighted by molar-refractivity contribution is 6.00. The molecule has 3 nitrogen and oxygen atoms in total. The average Bonchev–Trinajstić information content (AvgIpc) is 2.35. The minimum Gasteiger partial charge on any atom is -0.394 e. The van der Waals surface area contributed by atoms with Crippen molar-refractivity contribution in [1.29, 1.82) is 0 Å². The lowest BCUT2D eigenvalue weighted by atomic mass is 10.0. The number of rotatable bonds is 7. The van der Waals surface area contributed by atoms with Crippen LogP contribution in [0.4, 0.5) is 0 Å². The molecule has 0 atom stereocenters. The van der Waals surface area contributed by atoms with Crippen LogP contribution in [0.5, 0.6) is 0 Å². The molecule has 0 bridgehead atoms. The molecule has 0 unspecified atom stereocenters. The molecule has 0 fully saturated rings. The normalized spacial score (nSPS) is 11.6. The molecule has 1 aromatic rings. The molecule has 0 saturated heterocycles. The van der Waals surface area contributed by atoms with Gasteiger partial charge in [-0.25, -0.2) is 0 Å². The largest absolute Gasteiger partial charge is 0.394 e. The van der Waals surface area contributed by atoms with Crippen LogP contribution in [0, 0.1) is 6.92 Å². The Morgan fingerprint density at radius 2 is 2.00 bits per heavy atom. The number of benzene rings is 1. The van der Waals surface area contributed by atoms with Crippen LogP contribution < -0.4 is 5.73 Å². The molecule has 0 aliphatic heterocycles. The summed E-state index contributed by atoms with van der Waals surface area (Å²) in [5.74, 6) is 0. The Morgan fingerprint density at radius 1 is 1.29 bits per heavy atom. The van der Waals surface area contributed by atoms with Crippen molar-refractivity contribution in [1.82, 2.24) is 0 Å². The Labute approximate surface area is 104 Å². The van der Waals surface area contributed by atoms with E-state index >= 15 is 0 Å². The fourth-order valence-electron chi connectivity index (χ4n) is 1.51. The summed E-state index contributed by atoms with van der Waals surface area (Å²) in [4.78, 5) is 5.19. The summed E-state index contributed by atoms with van der Waals surface area (Å²) >= 11 is 0. The van der Waals surface area contributed by atoms with E-state index in [9.17, 15) is 0 Å². The van der Waals surface area contributed by atoms with Crippen molar-refractivity contribution in [3.05, 3.63) is 35.4 Å². The van der Waals surface area contributed by atoms with Crippen LogP contribution in [0.1, 0.15) is 37.3 Å². The quantitative estimate of drug-likeness (QED) is 0.448. The van der Waals surface area contributed by atoms with Crippen LogP contribution in [0.15, 0.2) is 29.4 Å². The molecule has 0 radical (unpaired) electrons. The molecule has 0 heterocycles. The standard InChI is InChI=1S/C14H22N2O/c1-3-4-5-14(16-17-11-10-15)13-8-6-12(2)7-9-13/h6-9H,3-5,10-11,15H2,1-2H3/b16-14-. The molecule has 2 N–H and O–H groups in total. The summed E-state index contributed by atoms with van der Waals surface area (Å²) in [6.07, 6.45) is 3.23. The molecule has 0 aliphatic rings. The van der Waals surface area contributed by atoms with Crippen molar-refractivity contribution in [2.45, 2.75) is 33.1 Å². The summed E-state index contributed by atoms with van der Waals surface area (Å²) in [6, 6.07) is 8.38. The fourth-order valence-corrected chi connectivity index (χ4v) is 1.51. The number of hydrogen-bond acceptors (Lipinski definition) is 3. The van der Waals surface area contributed by atoms with Crippen molar-refractivity contribution in [2.75, 3.05) is 13.2 Å². The highest BCUT2D eigenvalue weighted by atomic mass is 16.6. The first-order valence-electron chi connectivity index (χ1n) is 6.24. The number of hydrogen-bond donors (Lipinski definition) is 1. The predicted octanol–water partition coefficient (Wildman–Crippen LogP) is 2.86. The van der Waals surface area contributed by atoms with E-state index < -0.39 is 0 Å². The van der Waals surface area contributed by atoms with Gasteiger partial charge >= 0.3 is 0 Å². The zero-order chi connectivity index (χ0) is 12.5. The Balaban J connectivity index is 2.74. The van der Waals surface area contributed by atoms with E-state index in [1.165, 1.54) is 5.56 Å². The highest BCUT2D eigenvalue weighted by Crippen LogP contribution is 2.10. The lowest BCUT2D eigenvalue weighted by molar-refractivity contribution is 0.152. The third kappa shape index (κ3) is 5.00. The van der Waals surface area contributed by atoms with Crippen molar-refractivity contribution in [3.63, 3.8) is 0 Å². The van der Waals surface area contributed by atoms with Crippen molar-refractivity contribution in [3.8, 4) is 0 Å². The summed E-state index contributed by atoms with van der Waals surface area (Å²) < 4.78 is 0. The van der Waals surface area contributed by atoms with Crippen molar-refractivity contribution in [2.24, 2.45) is 10.9 Å². The molecular weight excluding hydrogens is 212 g/mol. The fraction of sp³-hybridized carbons (Fsp3) is 0.500. The monoisotopic (exact) mass is 234 g/mol. The molecule has 1 rings (SSSR count). The van der Waals surface area contributed by atoms with Gasteiger partial charge in [0, 0.05) is 6.54 Å². The van der Waals surface area contributed by atoms with Gasteiger partial charge < -0.3 is 10.6 Å².